The minimum absolute atomic E-state index is 0.171. The largest absolute Gasteiger partial charge is 0.340 e. The van der Waals surface area contributed by atoms with Crippen molar-refractivity contribution in [3.8, 4) is 0 Å². The second-order valence-corrected chi connectivity index (χ2v) is 5.70. The van der Waals surface area contributed by atoms with Crippen molar-refractivity contribution >= 4 is 5.91 Å². The molecule has 104 valence electrons. The zero-order valence-corrected chi connectivity index (χ0v) is 12.4. The Balaban J connectivity index is 1.95. The second kappa shape index (κ2) is 5.74. The van der Waals surface area contributed by atoms with Crippen molar-refractivity contribution in [3.63, 3.8) is 0 Å². The van der Waals surface area contributed by atoms with Crippen LogP contribution in [0.25, 0.3) is 0 Å². The lowest BCUT2D eigenvalue weighted by molar-refractivity contribution is -0.129. The summed E-state index contributed by atoms with van der Waals surface area (Å²) in [4.78, 5) is 13.8. The Morgan fingerprint density at radius 2 is 1.95 bits per heavy atom. The Hall–Kier alpha value is -1.35. The molecule has 0 aliphatic heterocycles. The standard InChI is InChI=1S/C16H24N2O/c1-11-5-6-14(13(3)12(11)2)10-18(4)16(19)9-17-15-7-8-15/h5-6,15,17H,7-10H2,1-4H3. The highest BCUT2D eigenvalue weighted by molar-refractivity contribution is 5.78. The monoisotopic (exact) mass is 260 g/mol. The van der Waals surface area contributed by atoms with E-state index in [-0.39, 0.29) is 5.91 Å². The van der Waals surface area contributed by atoms with Crippen LogP contribution in [0.5, 0.6) is 0 Å². The molecule has 1 aliphatic carbocycles. The molecule has 1 aromatic rings. The Bertz CT molecular complexity index is 478. The molecule has 3 nitrogen and oxygen atoms in total. The molecule has 0 bridgehead atoms. The molecule has 0 heterocycles. The van der Waals surface area contributed by atoms with Crippen LogP contribution in [0.4, 0.5) is 0 Å². The summed E-state index contributed by atoms with van der Waals surface area (Å²) in [6.45, 7) is 7.56. The van der Waals surface area contributed by atoms with Gasteiger partial charge in [-0.05, 0) is 55.9 Å². The number of nitrogens with zero attached hydrogens (tertiary/aromatic N) is 1. The van der Waals surface area contributed by atoms with Crippen molar-refractivity contribution in [2.24, 2.45) is 0 Å². The van der Waals surface area contributed by atoms with Crippen LogP contribution in [-0.4, -0.2) is 30.4 Å². The summed E-state index contributed by atoms with van der Waals surface area (Å²) in [5.74, 6) is 0.171. The Morgan fingerprint density at radius 3 is 2.58 bits per heavy atom. The molecule has 0 spiro atoms. The number of rotatable bonds is 5. The van der Waals surface area contributed by atoms with Crippen LogP contribution in [0.2, 0.25) is 0 Å². The van der Waals surface area contributed by atoms with Gasteiger partial charge in [-0.15, -0.1) is 0 Å². The first-order chi connectivity index (χ1) is 8.99. The van der Waals surface area contributed by atoms with Gasteiger partial charge in [-0.2, -0.15) is 0 Å². The topological polar surface area (TPSA) is 32.3 Å². The predicted octanol–water partition coefficient (Wildman–Crippen LogP) is 2.32. The van der Waals surface area contributed by atoms with Crippen LogP contribution in [0.1, 0.15) is 35.1 Å². The van der Waals surface area contributed by atoms with E-state index >= 15 is 0 Å². The number of likely N-dealkylation sites (N-methyl/N-ethyl adjacent to an activating group) is 1. The van der Waals surface area contributed by atoms with Crippen molar-refractivity contribution in [1.82, 2.24) is 10.2 Å². The minimum Gasteiger partial charge on any atom is -0.340 e. The van der Waals surface area contributed by atoms with E-state index in [1.807, 2.05) is 11.9 Å². The smallest absolute Gasteiger partial charge is 0.236 e. The molecule has 1 fully saturated rings. The third kappa shape index (κ3) is 3.57. The third-order valence-corrected chi connectivity index (χ3v) is 4.12. The number of hydrogen-bond donors (Lipinski definition) is 1. The number of benzene rings is 1. The first kappa shape index (κ1) is 14.1. The molecule has 0 radical (unpaired) electrons. The first-order valence-electron chi connectivity index (χ1n) is 7.02. The summed E-state index contributed by atoms with van der Waals surface area (Å²) >= 11 is 0. The molecule has 1 aromatic carbocycles. The summed E-state index contributed by atoms with van der Waals surface area (Å²) < 4.78 is 0. The lowest BCUT2D eigenvalue weighted by atomic mass is 9.98. The Kier molecular flexibility index (Phi) is 4.25. The van der Waals surface area contributed by atoms with Crippen molar-refractivity contribution in [1.29, 1.82) is 0 Å². The van der Waals surface area contributed by atoms with E-state index in [9.17, 15) is 4.79 Å². The van der Waals surface area contributed by atoms with Gasteiger partial charge in [0, 0.05) is 19.6 Å². The number of aryl methyl sites for hydroxylation is 1. The van der Waals surface area contributed by atoms with E-state index in [0.29, 0.717) is 19.1 Å². The van der Waals surface area contributed by atoms with Gasteiger partial charge in [-0.25, -0.2) is 0 Å². The van der Waals surface area contributed by atoms with Crippen molar-refractivity contribution in [2.75, 3.05) is 13.6 Å². The molecule has 1 aliphatic rings. The molecule has 1 amide bonds. The van der Waals surface area contributed by atoms with E-state index < -0.39 is 0 Å². The molecule has 19 heavy (non-hydrogen) atoms. The minimum atomic E-state index is 0.171. The van der Waals surface area contributed by atoms with E-state index in [1.165, 1.54) is 35.1 Å². The normalized spacial score (nSPS) is 14.5. The van der Waals surface area contributed by atoms with Gasteiger partial charge in [0.2, 0.25) is 5.91 Å². The van der Waals surface area contributed by atoms with E-state index in [4.69, 9.17) is 0 Å². The van der Waals surface area contributed by atoms with Crippen LogP contribution in [0, 0.1) is 20.8 Å². The van der Waals surface area contributed by atoms with Crippen LogP contribution < -0.4 is 5.32 Å². The fourth-order valence-corrected chi connectivity index (χ4v) is 2.18. The van der Waals surface area contributed by atoms with Gasteiger partial charge < -0.3 is 10.2 Å². The van der Waals surface area contributed by atoms with Crippen LogP contribution in [0.3, 0.4) is 0 Å². The first-order valence-corrected chi connectivity index (χ1v) is 7.02. The number of hydrogen-bond acceptors (Lipinski definition) is 2. The van der Waals surface area contributed by atoms with E-state index in [1.54, 1.807) is 0 Å². The summed E-state index contributed by atoms with van der Waals surface area (Å²) in [6.07, 6.45) is 2.43. The van der Waals surface area contributed by atoms with Crippen molar-refractivity contribution in [3.05, 3.63) is 34.4 Å². The SMILES string of the molecule is Cc1ccc(CN(C)C(=O)CNC2CC2)c(C)c1C. The maximum atomic E-state index is 12.0. The lowest BCUT2D eigenvalue weighted by Gasteiger charge is -2.20. The average Bonchev–Trinajstić information content (AvgIpc) is 3.20. The summed E-state index contributed by atoms with van der Waals surface area (Å²) in [7, 11) is 1.88. The van der Waals surface area contributed by atoms with Gasteiger partial charge in [-0.3, -0.25) is 4.79 Å². The zero-order chi connectivity index (χ0) is 14.0. The molecule has 0 unspecified atom stereocenters. The van der Waals surface area contributed by atoms with Gasteiger partial charge >= 0.3 is 0 Å². The van der Waals surface area contributed by atoms with Gasteiger partial charge in [0.15, 0.2) is 0 Å². The highest BCUT2D eigenvalue weighted by atomic mass is 16.2. The molecule has 1 saturated carbocycles. The molecule has 0 saturated heterocycles. The van der Waals surface area contributed by atoms with Crippen LogP contribution >= 0.6 is 0 Å². The maximum Gasteiger partial charge on any atom is 0.236 e. The highest BCUT2D eigenvalue weighted by Crippen LogP contribution is 2.19. The molecule has 0 atom stereocenters. The fourth-order valence-electron chi connectivity index (χ4n) is 2.18. The van der Waals surface area contributed by atoms with Gasteiger partial charge in [0.25, 0.3) is 0 Å². The lowest BCUT2D eigenvalue weighted by Crippen LogP contribution is -2.36. The summed E-state index contributed by atoms with van der Waals surface area (Å²) in [5, 5.41) is 3.27. The number of nitrogens with one attached hydrogen (secondary N) is 1. The van der Waals surface area contributed by atoms with Gasteiger partial charge in [0.05, 0.1) is 6.54 Å². The molecular weight excluding hydrogens is 236 g/mol. The highest BCUT2D eigenvalue weighted by Gasteiger charge is 2.22. The summed E-state index contributed by atoms with van der Waals surface area (Å²) in [5.41, 5.74) is 5.18. The molecule has 0 aromatic heterocycles. The Morgan fingerprint density at radius 1 is 1.26 bits per heavy atom. The van der Waals surface area contributed by atoms with Crippen molar-refractivity contribution < 1.29 is 4.79 Å². The van der Waals surface area contributed by atoms with Gasteiger partial charge in [-0.1, -0.05) is 12.1 Å². The molecular formula is C16H24N2O. The van der Waals surface area contributed by atoms with Crippen LogP contribution in [-0.2, 0) is 11.3 Å². The predicted molar refractivity (Wildman–Crippen MR) is 78.2 cm³/mol. The average molecular weight is 260 g/mol. The van der Waals surface area contributed by atoms with E-state index in [0.717, 1.165) is 0 Å². The molecule has 3 heteroatoms. The quantitative estimate of drug-likeness (QED) is 0.881. The molecule has 1 N–H and O–H groups in total. The second-order valence-electron chi connectivity index (χ2n) is 5.70. The number of carbonyl (C=O) groups excluding carboxylic acids is 1. The third-order valence-electron chi connectivity index (χ3n) is 4.12. The number of amides is 1. The number of carbonyl (C=O) groups is 1. The maximum absolute atomic E-state index is 12.0. The summed E-state index contributed by atoms with van der Waals surface area (Å²) in [6, 6.07) is 4.86. The zero-order valence-electron chi connectivity index (χ0n) is 12.4. The Labute approximate surface area is 116 Å². The van der Waals surface area contributed by atoms with Crippen molar-refractivity contribution in [2.45, 2.75) is 46.2 Å². The fraction of sp³-hybridized carbons (Fsp3) is 0.562. The van der Waals surface area contributed by atoms with E-state index in [2.05, 4.69) is 38.2 Å². The van der Waals surface area contributed by atoms with Crippen LogP contribution in [0.15, 0.2) is 12.1 Å². The van der Waals surface area contributed by atoms with Gasteiger partial charge in [0.1, 0.15) is 0 Å². The molecule has 2 rings (SSSR count).